The average molecular weight is 849 g/mol. The average Bonchev–Trinajstić information content (AvgIpc) is 3.38. The number of hydrogen-bond donors (Lipinski definition) is 3. The Morgan fingerprint density at radius 3 is 2.12 bits per heavy atom. The summed E-state index contributed by atoms with van der Waals surface area (Å²) in [6.45, 7) is 7.08. The fraction of sp³-hybridized carbons (Fsp3) is 0.356. The Kier molecular flexibility index (Phi) is 17.0. The van der Waals surface area contributed by atoms with Crippen LogP contribution in [0.5, 0.6) is 0 Å². The van der Waals surface area contributed by atoms with E-state index < -0.39 is 17.5 Å². The molecule has 9 nitrogen and oxygen atoms in total. The van der Waals surface area contributed by atoms with Gasteiger partial charge in [0.1, 0.15) is 5.82 Å². The number of nitrogens with zero attached hydrogens (tertiary/aromatic N) is 3. The van der Waals surface area contributed by atoms with E-state index in [2.05, 4.69) is 70.5 Å². The van der Waals surface area contributed by atoms with Crippen molar-refractivity contribution in [3.05, 3.63) is 136 Å². The van der Waals surface area contributed by atoms with Gasteiger partial charge in [-0.15, -0.1) is 11.8 Å². The van der Waals surface area contributed by atoms with Gasteiger partial charge in [-0.2, -0.15) is 0 Å². The van der Waals surface area contributed by atoms with Gasteiger partial charge in [-0.05, 0) is 123 Å². The second kappa shape index (κ2) is 21.8. The third-order valence-corrected chi connectivity index (χ3v) is 12.8. The number of likely N-dealkylation sites (tertiary alicyclic amines) is 1. The first-order valence-corrected chi connectivity index (χ1v) is 21.7. The van der Waals surface area contributed by atoms with Gasteiger partial charge >= 0.3 is 11.9 Å². The number of hydrogen-bond acceptors (Lipinski definition) is 9. The molecular formula is C45H51ClFN3O6S2. The highest BCUT2D eigenvalue weighted by Crippen LogP contribution is 2.44. The summed E-state index contributed by atoms with van der Waals surface area (Å²) in [5.74, 6) is -2.80. The molecule has 3 aliphatic rings. The van der Waals surface area contributed by atoms with Crippen LogP contribution in [0.1, 0.15) is 58.8 Å². The Hall–Kier alpha value is -4.01. The zero-order valence-corrected chi connectivity index (χ0v) is 35.2. The summed E-state index contributed by atoms with van der Waals surface area (Å²) >= 11 is 9.71. The first-order valence-electron chi connectivity index (χ1n) is 19.3. The van der Waals surface area contributed by atoms with Gasteiger partial charge in [-0.25, -0.2) is 14.0 Å². The highest BCUT2D eigenvalue weighted by molar-refractivity contribution is 7.99. The number of aliphatic hydroxyl groups is 1. The molecule has 2 saturated heterocycles. The molecule has 0 radical (unpaired) electrons. The molecule has 13 heteroatoms. The number of halogens is 2. The van der Waals surface area contributed by atoms with Crippen LogP contribution in [0.25, 0.3) is 0 Å². The topological polar surface area (TPSA) is 122 Å². The summed E-state index contributed by atoms with van der Waals surface area (Å²) in [6.07, 6.45) is 6.95. The number of piperidine rings is 1. The fourth-order valence-electron chi connectivity index (χ4n) is 7.26. The SMILES string of the molecule is CSc1ccc2c(c1)C(N1CCN(C)CC1)Cc1ccccc1S2.O=C(CCCN1CCC(O)(c2ccc(Cl)cc2)CC1)c1ccc(F)cc1.O=C(O)C=CC(=O)O. The summed E-state index contributed by atoms with van der Waals surface area (Å²) in [6, 6.07) is 29.6. The van der Waals surface area contributed by atoms with Crippen molar-refractivity contribution < 1.29 is 34.1 Å². The van der Waals surface area contributed by atoms with Crippen molar-refractivity contribution in [3.8, 4) is 0 Å². The number of likely N-dealkylation sites (N-methyl/N-ethyl adjacent to an activating group) is 1. The van der Waals surface area contributed by atoms with Crippen molar-refractivity contribution in [2.75, 3.05) is 59.1 Å². The number of benzene rings is 4. The van der Waals surface area contributed by atoms with Crippen LogP contribution in [-0.4, -0.2) is 107 Å². The molecule has 1 atom stereocenters. The van der Waals surface area contributed by atoms with Crippen molar-refractivity contribution in [1.82, 2.24) is 14.7 Å². The molecule has 4 aromatic carbocycles. The van der Waals surface area contributed by atoms with Crippen molar-refractivity contribution in [1.29, 1.82) is 0 Å². The lowest BCUT2D eigenvalue weighted by Gasteiger charge is -2.38. The van der Waals surface area contributed by atoms with Crippen LogP contribution in [-0.2, 0) is 21.6 Å². The van der Waals surface area contributed by atoms with E-state index in [1.54, 1.807) is 0 Å². The van der Waals surface area contributed by atoms with Crippen LogP contribution in [0.3, 0.4) is 0 Å². The summed E-state index contributed by atoms with van der Waals surface area (Å²) < 4.78 is 12.9. The fourth-order valence-corrected chi connectivity index (χ4v) is 8.95. The number of ketones is 1. The molecule has 3 N–H and O–H groups in total. The molecule has 308 valence electrons. The quantitative estimate of drug-likeness (QED) is 0.0809. The van der Waals surface area contributed by atoms with E-state index in [1.165, 1.54) is 63.2 Å². The second-order valence-electron chi connectivity index (χ2n) is 14.6. The molecule has 3 heterocycles. The largest absolute Gasteiger partial charge is 0.478 e. The molecule has 58 heavy (non-hydrogen) atoms. The van der Waals surface area contributed by atoms with Crippen LogP contribution in [0.4, 0.5) is 4.39 Å². The van der Waals surface area contributed by atoms with E-state index in [-0.39, 0.29) is 11.6 Å². The number of carbonyl (C=O) groups is 3. The second-order valence-corrected chi connectivity index (χ2v) is 17.0. The Morgan fingerprint density at radius 2 is 1.50 bits per heavy atom. The van der Waals surface area contributed by atoms with Crippen LogP contribution in [0.2, 0.25) is 5.02 Å². The number of carboxylic acid groups (broad SMARTS) is 2. The van der Waals surface area contributed by atoms with E-state index in [0.29, 0.717) is 48.0 Å². The molecule has 0 saturated carbocycles. The van der Waals surface area contributed by atoms with Gasteiger partial charge in [0.2, 0.25) is 0 Å². The maximum absolute atomic E-state index is 12.9. The molecule has 0 aromatic heterocycles. The Labute approximate surface area is 353 Å². The van der Waals surface area contributed by atoms with Crippen LogP contribution in [0.15, 0.2) is 118 Å². The molecule has 0 spiro atoms. The Morgan fingerprint density at radius 1 is 0.862 bits per heavy atom. The van der Waals surface area contributed by atoms with Crippen LogP contribution >= 0.6 is 35.1 Å². The molecule has 2 fully saturated rings. The molecule has 0 amide bonds. The number of carbonyl (C=O) groups excluding carboxylic acids is 1. The van der Waals surface area contributed by atoms with Crippen molar-refractivity contribution in [3.63, 3.8) is 0 Å². The standard InChI is InChI=1S/C21H23ClFNO2.C20H24N2S2.C4H4O4/c22-18-7-5-17(6-8-18)21(26)11-14-24(15-12-21)13-1-2-20(25)16-3-9-19(23)10-4-16;1-21-9-11-22(12-10-21)18-13-15-5-3-4-6-19(15)24-20-8-7-16(23-2)14-17(18)20;5-3(6)1-2-4(7)8/h3-10,26H,1-2,11-15H2;3-8,14,18H,9-13H2,1-2H3;1-2H,(H,5,6)(H,7,8). The number of fused-ring (bicyclic) bond motifs is 2. The van der Waals surface area contributed by atoms with E-state index in [9.17, 15) is 23.9 Å². The Bertz CT molecular complexity index is 2000. The third kappa shape index (κ3) is 13.3. The molecule has 7 rings (SSSR count). The number of rotatable bonds is 10. The van der Waals surface area contributed by atoms with Gasteiger partial charge in [0, 0.05) is 89.2 Å². The first-order chi connectivity index (χ1) is 27.8. The van der Waals surface area contributed by atoms with Gasteiger partial charge in [-0.3, -0.25) is 9.69 Å². The number of piperazine rings is 1. The number of Topliss-reactive ketones (excluding diaryl/α,β-unsaturated/α-hetero) is 1. The van der Waals surface area contributed by atoms with Crippen LogP contribution in [0, 0.1) is 5.82 Å². The maximum Gasteiger partial charge on any atom is 0.328 e. The van der Waals surface area contributed by atoms with Crippen molar-refractivity contribution >= 4 is 52.8 Å². The van der Waals surface area contributed by atoms with Gasteiger partial charge in [0.25, 0.3) is 0 Å². The highest BCUT2D eigenvalue weighted by atomic mass is 35.5. The van der Waals surface area contributed by atoms with Gasteiger partial charge < -0.3 is 25.1 Å². The van der Waals surface area contributed by atoms with Crippen molar-refractivity contribution in [2.45, 2.75) is 58.4 Å². The number of aliphatic carboxylic acids is 2. The first kappa shape index (κ1) is 45.1. The summed E-state index contributed by atoms with van der Waals surface area (Å²) in [4.78, 5) is 42.9. The van der Waals surface area contributed by atoms with E-state index in [1.807, 2.05) is 47.8 Å². The van der Waals surface area contributed by atoms with Crippen molar-refractivity contribution in [2.24, 2.45) is 0 Å². The molecule has 3 aliphatic heterocycles. The lowest BCUT2D eigenvalue weighted by molar-refractivity contribution is -0.134. The number of carboxylic acids is 2. The van der Waals surface area contributed by atoms with E-state index in [4.69, 9.17) is 21.8 Å². The lowest BCUT2D eigenvalue weighted by atomic mass is 9.84. The molecular weight excluding hydrogens is 797 g/mol. The maximum atomic E-state index is 12.9. The predicted octanol–water partition coefficient (Wildman–Crippen LogP) is 8.54. The number of thioether (sulfide) groups is 1. The minimum Gasteiger partial charge on any atom is -0.478 e. The minimum absolute atomic E-state index is 0.0414. The molecule has 0 bridgehead atoms. The third-order valence-electron chi connectivity index (χ3n) is 10.6. The smallest absolute Gasteiger partial charge is 0.328 e. The van der Waals surface area contributed by atoms with Crippen LogP contribution < -0.4 is 0 Å². The van der Waals surface area contributed by atoms with E-state index >= 15 is 0 Å². The monoisotopic (exact) mass is 847 g/mol. The lowest BCUT2D eigenvalue weighted by Crippen LogP contribution is -2.46. The zero-order chi connectivity index (χ0) is 41.7. The summed E-state index contributed by atoms with van der Waals surface area (Å²) in [5.41, 5.74) is 3.68. The summed E-state index contributed by atoms with van der Waals surface area (Å²) in [7, 11) is 2.23. The molecule has 0 aliphatic carbocycles. The Balaban J connectivity index is 0.000000187. The van der Waals surface area contributed by atoms with Gasteiger partial charge in [0.05, 0.1) is 5.60 Å². The minimum atomic E-state index is -1.26. The van der Waals surface area contributed by atoms with E-state index in [0.717, 1.165) is 51.1 Å². The summed E-state index contributed by atoms with van der Waals surface area (Å²) in [5, 5.41) is 27.2. The zero-order valence-electron chi connectivity index (χ0n) is 32.9. The normalized spacial score (nSPS) is 18.1. The molecule has 4 aromatic rings. The van der Waals surface area contributed by atoms with Gasteiger partial charge in [-0.1, -0.05) is 53.7 Å². The predicted molar refractivity (Wildman–Crippen MR) is 230 cm³/mol. The highest BCUT2D eigenvalue weighted by Gasteiger charge is 2.34. The molecule has 1 unspecified atom stereocenters. The van der Waals surface area contributed by atoms with Gasteiger partial charge in [0.15, 0.2) is 5.78 Å².